The lowest BCUT2D eigenvalue weighted by atomic mass is 9.87. The molecule has 4 rings (SSSR count). The maximum atomic E-state index is 13.4. The van der Waals surface area contributed by atoms with Gasteiger partial charge in [0, 0.05) is 24.7 Å². The number of ketones is 1. The lowest BCUT2D eigenvalue weighted by molar-refractivity contribution is -0.247. The number of hydrogen-bond donors (Lipinski definition) is 1. The Morgan fingerprint density at radius 2 is 1.67 bits per heavy atom. The zero-order chi connectivity index (χ0) is 19.3. The van der Waals surface area contributed by atoms with Crippen molar-refractivity contribution in [1.29, 1.82) is 0 Å². The Morgan fingerprint density at radius 3 is 2.19 bits per heavy atom. The second-order valence-corrected chi connectivity index (χ2v) is 8.15. The first kappa shape index (κ1) is 18.5. The van der Waals surface area contributed by atoms with E-state index in [1.165, 1.54) is 5.56 Å². The molecule has 27 heavy (non-hydrogen) atoms. The molecule has 2 atom stereocenters. The quantitative estimate of drug-likeness (QED) is 0.809. The van der Waals surface area contributed by atoms with Crippen LogP contribution in [0.3, 0.4) is 0 Å². The second-order valence-electron chi connectivity index (χ2n) is 8.15. The van der Waals surface area contributed by atoms with Gasteiger partial charge in [0.05, 0.1) is 18.8 Å². The first-order chi connectivity index (χ1) is 12.9. The van der Waals surface area contributed by atoms with Crippen molar-refractivity contribution in [2.24, 2.45) is 11.8 Å². The van der Waals surface area contributed by atoms with Crippen LogP contribution in [0.4, 0.5) is 0 Å². The molecule has 0 aromatic heterocycles. The van der Waals surface area contributed by atoms with Crippen molar-refractivity contribution in [3.8, 4) is 0 Å². The average molecular weight is 368 g/mol. The van der Waals surface area contributed by atoms with Crippen molar-refractivity contribution in [3.05, 3.63) is 52.3 Å². The van der Waals surface area contributed by atoms with E-state index in [4.69, 9.17) is 9.47 Å². The Balaban J connectivity index is 1.74. The van der Waals surface area contributed by atoms with E-state index in [1.54, 1.807) is 0 Å². The predicted molar refractivity (Wildman–Crippen MR) is 104 cm³/mol. The molecule has 3 aliphatic rings. The number of aliphatic hydroxyl groups excluding tert-OH is 1. The molecule has 0 radical (unpaired) electrons. The molecule has 144 valence electrons. The van der Waals surface area contributed by atoms with Gasteiger partial charge in [-0.1, -0.05) is 38.1 Å². The lowest BCUT2D eigenvalue weighted by Crippen LogP contribution is -2.39. The Hall–Kier alpha value is -1.91. The van der Waals surface area contributed by atoms with Gasteiger partial charge in [-0.15, -0.1) is 0 Å². The Morgan fingerprint density at radius 1 is 1.11 bits per heavy atom. The summed E-state index contributed by atoms with van der Waals surface area (Å²) in [4.78, 5) is 13.4. The van der Waals surface area contributed by atoms with E-state index in [9.17, 15) is 9.90 Å². The molecule has 0 unspecified atom stereocenters. The van der Waals surface area contributed by atoms with Gasteiger partial charge in [0.1, 0.15) is 5.76 Å². The number of aryl methyl sites for hydroxylation is 3. The number of rotatable bonds is 3. The third-order valence-electron chi connectivity index (χ3n) is 6.27. The summed E-state index contributed by atoms with van der Waals surface area (Å²) in [6, 6.07) is 4.27. The van der Waals surface area contributed by atoms with Crippen LogP contribution in [0.5, 0.6) is 0 Å². The number of carbonyl (C=O) groups is 1. The molecule has 1 aromatic carbocycles. The number of carbonyl (C=O) groups excluding carboxylic acids is 1. The second kappa shape index (κ2) is 6.61. The summed E-state index contributed by atoms with van der Waals surface area (Å²) >= 11 is 0. The van der Waals surface area contributed by atoms with Crippen LogP contribution in [0, 0.1) is 18.8 Å². The van der Waals surface area contributed by atoms with Gasteiger partial charge in [-0.05, 0) is 42.0 Å². The van der Waals surface area contributed by atoms with Crippen molar-refractivity contribution in [3.63, 3.8) is 0 Å². The lowest BCUT2D eigenvalue weighted by Gasteiger charge is -2.35. The van der Waals surface area contributed by atoms with Gasteiger partial charge in [-0.2, -0.15) is 0 Å². The molecule has 0 bridgehead atoms. The number of hydrogen-bond acceptors (Lipinski definition) is 4. The predicted octanol–water partition coefficient (Wildman–Crippen LogP) is 4.30. The van der Waals surface area contributed by atoms with E-state index in [1.807, 2.05) is 0 Å². The van der Waals surface area contributed by atoms with Gasteiger partial charge < -0.3 is 14.6 Å². The summed E-state index contributed by atoms with van der Waals surface area (Å²) in [5.41, 5.74) is 5.87. The molecule has 2 fully saturated rings. The zero-order valence-electron chi connectivity index (χ0n) is 16.4. The first-order valence-electron chi connectivity index (χ1n) is 9.93. The van der Waals surface area contributed by atoms with Gasteiger partial charge in [0.15, 0.2) is 11.6 Å². The third kappa shape index (κ3) is 2.86. The topological polar surface area (TPSA) is 55.8 Å². The number of fused-ring (bicyclic) bond motifs is 1. The fourth-order valence-corrected chi connectivity index (χ4v) is 4.96. The molecule has 0 amide bonds. The summed E-state index contributed by atoms with van der Waals surface area (Å²) in [5, 5.41) is 11.1. The van der Waals surface area contributed by atoms with Gasteiger partial charge in [0.25, 0.3) is 0 Å². The monoisotopic (exact) mass is 368 g/mol. The van der Waals surface area contributed by atoms with Gasteiger partial charge >= 0.3 is 0 Å². The van der Waals surface area contributed by atoms with Gasteiger partial charge in [-0.3, -0.25) is 4.79 Å². The molecule has 4 nitrogen and oxygen atoms in total. The highest BCUT2D eigenvalue weighted by Gasteiger charge is 2.57. The number of Topliss-reactive ketones (excluding diaryl/α,β-unsaturated/α-hetero) is 1. The molecular formula is C23H28O4. The fourth-order valence-electron chi connectivity index (χ4n) is 4.96. The summed E-state index contributed by atoms with van der Waals surface area (Å²) in [6.45, 7) is 11.1. The van der Waals surface area contributed by atoms with E-state index in [0.29, 0.717) is 31.6 Å². The molecular weight excluding hydrogens is 340 g/mol. The minimum atomic E-state index is -0.750. The van der Waals surface area contributed by atoms with E-state index in [2.05, 4.69) is 39.5 Å². The zero-order valence-corrected chi connectivity index (χ0v) is 16.4. The van der Waals surface area contributed by atoms with Crippen molar-refractivity contribution >= 4 is 11.4 Å². The van der Waals surface area contributed by atoms with Crippen LogP contribution in [0.15, 0.2) is 30.0 Å². The summed E-state index contributed by atoms with van der Waals surface area (Å²) in [6.07, 6.45) is 2.70. The van der Waals surface area contributed by atoms with Gasteiger partial charge in [-0.25, -0.2) is 0 Å². The van der Waals surface area contributed by atoms with Crippen LogP contribution in [-0.2, 0) is 27.1 Å². The first-order valence-corrected chi connectivity index (χ1v) is 9.93. The summed E-state index contributed by atoms with van der Waals surface area (Å²) in [5.74, 6) is -0.956. The Kier molecular flexibility index (Phi) is 4.52. The average Bonchev–Trinajstić information content (AvgIpc) is 3.13. The standard InChI is InChI=1S/C23H28O4/c1-5-15-7-13(3)8-16(6-2)19(15)20-21(24)17-9-23(10-18(17)22(20)25)26-11-14(4)12-27-23/h7-8,17-18,24H,4-6,9-12H2,1-3H3/t17-,18+/m0/s1. The normalized spacial score (nSPS) is 26.9. The highest BCUT2D eigenvalue weighted by molar-refractivity contribution is 6.25. The smallest absolute Gasteiger partial charge is 0.170 e. The summed E-state index contributed by atoms with van der Waals surface area (Å²) in [7, 11) is 0. The Bertz CT molecular complexity index is 813. The highest BCUT2D eigenvalue weighted by Crippen LogP contribution is 2.54. The Labute approximate surface area is 160 Å². The number of aliphatic hydroxyl groups is 1. The summed E-state index contributed by atoms with van der Waals surface area (Å²) < 4.78 is 11.8. The molecule has 1 heterocycles. The van der Waals surface area contributed by atoms with Crippen molar-refractivity contribution in [2.45, 2.75) is 52.2 Å². The molecule has 4 heteroatoms. The number of benzene rings is 1. The minimum Gasteiger partial charge on any atom is -0.511 e. The molecule has 1 spiro atoms. The van der Waals surface area contributed by atoms with E-state index >= 15 is 0 Å². The van der Waals surface area contributed by atoms with Crippen LogP contribution in [0.2, 0.25) is 0 Å². The van der Waals surface area contributed by atoms with Crippen LogP contribution in [-0.4, -0.2) is 29.9 Å². The number of ether oxygens (including phenoxy) is 2. The van der Waals surface area contributed by atoms with E-state index in [-0.39, 0.29) is 23.4 Å². The maximum absolute atomic E-state index is 13.4. The minimum absolute atomic E-state index is 0.0410. The van der Waals surface area contributed by atoms with Crippen molar-refractivity contribution in [1.82, 2.24) is 0 Å². The largest absolute Gasteiger partial charge is 0.511 e. The van der Waals surface area contributed by atoms with Crippen LogP contribution >= 0.6 is 0 Å². The molecule has 1 N–H and O–H groups in total. The molecule has 2 aliphatic carbocycles. The van der Waals surface area contributed by atoms with E-state index < -0.39 is 5.79 Å². The van der Waals surface area contributed by atoms with E-state index in [0.717, 1.165) is 35.1 Å². The molecule has 1 saturated carbocycles. The van der Waals surface area contributed by atoms with Crippen LogP contribution in [0.25, 0.3) is 5.57 Å². The fraction of sp³-hybridized carbons (Fsp3) is 0.522. The third-order valence-corrected chi connectivity index (χ3v) is 6.27. The molecule has 1 saturated heterocycles. The van der Waals surface area contributed by atoms with Gasteiger partial charge in [0.2, 0.25) is 0 Å². The van der Waals surface area contributed by atoms with Crippen molar-refractivity contribution < 1.29 is 19.4 Å². The van der Waals surface area contributed by atoms with Crippen molar-refractivity contribution in [2.75, 3.05) is 13.2 Å². The molecule has 1 aromatic rings. The maximum Gasteiger partial charge on any atom is 0.170 e. The SMILES string of the molecule is C=C1COC2(C[C@@H]3C(O)=C(c4c(CC)cc(C)cc4CC)C(=O)[C@@H]3C2)OC1. The van der Waals surface area contributed by atoms with Crippen LogP contribution in [0.1, 0.15) is 48.9 Å². The van der Waals surface area contributed by atoms with Crippen LogP contribution < -0.4 is 0 Å². The number of allylic oxidation sites excluding steroid dienone is 2. The molecule has 1 aliphatic heterocycles. The highest BCUT2D eigenvalue weighted by atomic mass is 16.7.